The molecule has 1 saturated heterocycles. The Balaban J connectivity index is 1.45. The number of amides is 2. The second-order valence-electron chi connectivity index (χ2n) is 7.68. The van der Waals surface area contributed by atoms with Crippen molar-refractivity contribution in [2.45, 2.75) is 24.7 Å². The second kappa shape index (κ2) is 8.52. The number of H-pyrrole nitrogens is 1. The molecular formula is C22H24N4O4S. The third-order valence-electron chi connectivity index (χ3n) is 5.39. The Morgan fingerprint density at radius 3 is 2.52 bits per heavy atom. The molecule has 3 aromatic rings. The highest BCUT2D eigenvalue weighted by molar-refractivity contribution is 7.89. The van der Waals surface area contributed by atoms with Crippen molar-refractivity contribution in [1.29, 1.82) is 0 Å². The first-order chi connectivity index (χ1) is 14.8. The number of nitrogens with zero attached hydrogens (tertiary/aromatic N) is 1. The number of anilines is 2. The van der Waals surface area contributed by atoms with E-state index in [1.165, 1.54) is 23.4 Å². The fourth-order valence-corrected chi connectivity index (χ4v) is 5.34. The molecule has 1 aliphatic heterocycles. The molecule has 0 saturated carbocycles. The maximum Gasteiger partial charge on any atom is 0.243 e. The molecular weight excluding hydrogens is 416 g/mol. The van der Waals surface area contributed by atoms with Crippen LogP contribution in [0.1, 0.15) is 19.8 Å². The van der Waals surface area contributed by atoms with Crippen LogP contribution in [0.4, 0.5) is 11.4 Å². The van der Waals surface area contributed by atoms with Gasteiger partial charge in [0.25, 0.3) is 0 Å². The van der Waals surface area contributed by atoms with Crippen LogP contribution in [-0.2, 0) is 19.6 Å². The van der Waals surface area contributed by atoms with Crippen molar-refractivity contribution in [3.8, 4) is 0 Å². The first-order valence-electron chi connectivity index (χ1n) is 10.1. The SMILES string of the molecule is CC(=O)Nc1ccc(S(=O)(=O)N2CCC[C@H](C(=O)Nc3ccc4[nH]ccc4c3)C2)cc1. The Morgan fingerprint density at radius 2 is 1.77 bits per heavy atom. The van der Waals surface area contributed by atoms with E-state index in [2.05, 4.69) is 15.6 Å². The van der Waals surface area contributed by atoms with Gasteiger partial charge in [0.1, 0.15) is 0 Å². The molecule has 0 spiro atoms. The van der Waals surface area contributed by atoms with Crippen LogP contribution in [0.15, 0.2) is 59.6 Å². The van der Waals surface area contributed by atoms with Gasteiger partial charge in [0.05, 0.1) is 10.8 Å². The van der Waals surface area contributed by atoms with E-state index in [0.29, 0.717) is 30.8 Å². The fraction of sp³-hybridized carbons (Fsp3) is 0.273. The van der Waals surface area contributed by atoms with Crippen molar-refractivity contribution in [3.63, 3.8) is 0 Å². The number of fused-ring (bicyclic) bond motifs is 1. The average molecular weight is 441 g/mol. The summed E-state index contributed by atoms with van der Waals surface area (Å²) < 4.78 is 27.5. The van der Waals surface area contributed by atoms with E-state index in [4.69, 9.17) is 0 Å². The van der Waals surface area contributed by atoms with E-state index in [1.807, 2.05) is 30.5 Å². The van der Waals surface area contributed by atoms with Crippen LogP contribution < -0.4 is 10.6 Å². The average Bonchev–Trinajstić information content (AvgIpc) is 3.22. The molecule has 1 aromatic heterocycles. The molecule has 1 aliphatic rings. The molecule has 162 valence electrons. The quantitative estimate of drug-likeness (QED) is 0.566. The molecule has 0 aliphatic carbocycles. The molecule has 9 heteroatoms. The van der Waals surface area contributed by atoms with Crippen LogP contribution >= 0.6 is 0 Å². The van der Waals surface area contributed by atoms with Crippen molar-refractivity contribution < 1.29 is 18.0 Å². The number of benzene rings is 2. The zero-order chi connectivity index (χ0) is 22.0. The van der Waals surface area contributed by atoms with Crippen molar-refractivity contribution in [2.75, 3.05) is 23.7 Å². The minimum atomic E-state index is -3.73. The van der Waals surface area contributed by atoms with Gasteiger partial charge in [0.15, 0.2) is 0 Å². The molecule has 0 radical (unpaired) electrons. The largest absolute Gasteiger partial charge is 0.361 e. The minimum absolute atomic E-state index is 0.133. The topological polar surface area (TPSA) is 111 Å². The summed E-state index contributed by atoms with van der Waals surface area (Å²) in [5.41, 5.74) is 2.20. The van der Waals surface area contributed by atoms with E-state index in [1.54, 1.807) is 12.1 Å². The Bertz CT molecular complexity index is 1220. The highest BCUT2D eigenvalue weighted by atomic mass is 32.2. The molecule has 2 heterocycles. The van der Waals surface area contributed by atoms with Crippen LogP contribution in [0.5, 0.6) is 0 Å². The Kier molecular flexibility index (Phi) is 5.79. The van der Waals surface area contributed by atoms with Crippen LogP contribution in [0.2, 0.25) is 0 Å². The number of hydrogen-bond acceptors (Lipinski definition) is 4. The third-order valence-corrected chi connectivity index (χ3v) is 7.27. The third kappa shape index (κ3) is 4.62. The van der Waals surface area contributed by atoms with Crippen molar-refractivity contribution in [2.24, 2.45) is 5.92 Å². The number of piperidine rings is 1. The molecule has 8 nitrogen and oxygen atoms in total. The molecule has 2 aromatic carbocycles. The lowest BCUT2D eigenvalue weighted by molar-refractivity contribution is -0.121. The molecule has 3 N–H and O–H groups in total. The summed E-state index contributed by atoms with van der Waals surface area (Å²) in [7, 11) is -3.73. The number of carbonyl (C=O) groups is 2. The summed E-state index contributed by atoms with van der Waals surface area (Å²) in [6.07, 6.45) is 3.08. The van der Waals surface area contributed by atoms with E-state index < -0.39 is 15.9 Å². The lowest BCUT2D eigenvalue weighted by Crippen LogP contribution is -2.43. The number of carbonyl (C=O) groups excluding carboxylic acids is 2. The van der Waals surface area contributed by atoms with Crippen LogP contribution in [0.25, 0.3) is 10.9 Å². The fourth-order valence-electron chi connectivity index (χ4n) is 3.81. The molecule has 2 amide bonds. The minimum Gasteiger partial charge on any atom is -0.361 e. The maximum absolute atomic E-state index is 13.1. The summed E-state index contributed by atoms with van der Waals surface area (Å²) in [4.78, 5) is 27.2. The van der Waals surface area contributed by atoms with E-state index in [9.17, 15) is 18.0 Å². The van der Waals surface area contributed by atoms with Gasteiger partial charge >= 0.3 is 0 Å². The van der Waals surface area contributed by atoms with Gasteiger partial charge in [-0.15, -0.1) is 0 Å². The number of hydrogen-bond donors (Lipinski definition) is 3. The van der Waals surface area contributed by atoms with E-state index in [-0.39, 0.29) is 23.3 Å². The van der Waals surface area contributed by atoms with E-state index in [0.717, 1.165) is 10.9 Å². The maximum atomic E-state index is 13.1. The summed E-state index contributed by atoms with van der Waals surface area (Å²) in [5.74, 6) is -0.837. The molecule has 1 fully saturated rings. The predicted molar refractivity (Wildman–Crippen MR) is 119 cm³/mol. The summed E-state index contributed by atoms with van der Waals surface area (Å²) >= 11 is 0. The molecule has 1 atom stereocenters. The number of aromatic amines is 1. The molecule has 31 heavy (non-hydrogen) atoms. The van der Waals surface area contributed by atoms with Gasteiger partial charge in [-0.3, -0.25) is 9.59 Å². The number of nitrogens with one attached hydrogen (secondary N) is 3. The number of rotatable bonds is 5. The number of sulfonamides is 1. The summed E-state index contributed by atoms with van der Waals surface area (Å²) in [5, 5.41) is 6.53. The lowest BCUT2D eigenvalue weighted by atomic mass is 9.98. The molecule has 0 unspecified atom stereocenters. The Hall–Kier alpha value is -3.17. The first-order valence-corrected chi connectivity index (χ1v) is 11.5. The number of aromatic nitrogens is 1. The highest BCUT2D eigenvalue weighted by Gasteiger charge is 2.33. The van der Waals surface area contributed by atoms with Crippen LogP contribution in [0, 0.1) is 5.92 Å². The smallest absolute Gasteiger partial charge is 0.243 e. The van der Waals surface area contributed by atoms with Gasteiger partial charge in [-0.1, -0.05) is 0 Å². The first kappa shape index (κ1) is 21.1. The van der Waals surface area contributed by atoms with Gasteiger partial charge in [-0.25, -0.2) is 8.42 Å². The summed E-state index contributed by atoms with van der Waals surface area (Å²) in [6.45, 7) is 1.89. The molecule has 4 rings (SSSR count). The van der Waals surface area contributed by atoms with Gasteiger partial charge < -0.3 is 15.6 Å². The van der Waals surface area contributed by atoms with Crippen molar-refractivity contribution in [3.05, 3.63) is 54.7 Å². The highest BCUT2D eigenvalue weighted by Crippen LogP contribution is 2.26. The van der Waals surface area contributed by atoms with Crippen LogP contribution in [-0.4, -0.2) is 42.6 Å². The standard InChI is InChI=1S/C22H24N4O4S/c1-15(27)24-18-4-7-20(8-5-18)31(29,30)26-12-2-3-17(14-26)22(28)25-19-6-9-21-16(13-19)10-11-23-21/h4-11,13,17,23H,2-3,12,14H2,1H3,(H,24,27)(H,25,28)/t17-/m0/s1. The van der Waals surface area contributed by atoms with Gasteiger partial charge in [-0.05, 0) is 61.4 Å². The van der Waals surface area contributed by atoms with Gasteiger partial charge in [0.2, 0.25) is 21.8 Å². The van der Waals surface area contributed by atoms with E-state index >= 15 is 0 Å². The van der Waals surface area contributed by atoms with Crippen molar-refractivity contribution >= 4 is 44.1 Å². The van der Waals surface area contributed by atoms with Gasteiger partial charge in [-0.2, -0.15) is 4.31 Å². The second-order valence-corrected chi connectivity index (χ2v) is 9.61. The summed E-state index contributed by atoms with van der Waals surface area (Å²) in [6, 6.07) is 13.6. The zero-order valence-electron chi connectivity index (χ0n) is 17.1. The van der Waals surface area contributed by atoms with Crippen LogP contribution in [0.3, 0.4) is 0 Å². The lowest BCUT2D eigenvalue weighted by Gasteiger charge is -2.31. The molecule has 0 bridgehead atoms. The van der Waals surface area contributed by atoms with Gasteiger partial charge in [0, 0.05) is 48.5 Å². The Morgan fingerprint density at radius 1 is 1.03 bits per heavy atom. The normalized spacial score (nSPS) is 17.4. The monoisotopic (exact) mass is 440 g/mol. The predicted octanol–water partition coefficient (Wildman–Crippen LogP) is 3.17. The Labute approximate surface area is 180 Å². The van der Waals surface area contributed by atoms with Crippen molar-refractivity contribution in [1.82, 2.24) is 9.29 Å². The zero-order valence-corrected chi connectivity index (χ0v) is 17.9.